The van der Waals surface area contributed by atoms with Crippen LogP contribution in [0.5, 0.6) is 0 Å². The Hall–Kier alpha value is -1.73. The van der Waals surface area contributed by atoms with Crippen molar-refractivity contribution in [3.8, 4) is 6.07 Å². The highest BCUT2D eigenvalue weighted by Crippen LogP contribution is 2.40. The summed E-state index contributed by atoms with van der Waals surface area (Å²) < 4.78 is 0. The lowest BCUT2D eigenvalue weighted by atomic mass is 9.85. The number of nitrogens with zero attached hydrogens (tertiary/aromatic N) is 1. The molecule has 0 saturated heterocycles. The van der Waals surface area contributed by atoms with Crippen LogP contribution in [0.3, 0.4) is 0 Å². The van der Waals surface area contributed by atoms with Crippen molar-refractivity contribution in [2.24, 2.45) is 5.41 Å². The lowest BCUT2D eigenvalue weighted by Crippen LogP contribution is -2.40. The van der Waals surface area contributed by atoms with Crippen molar-refractivity contribution in [3.63, 3.8) is 0 Å². The smallest absolute Gasteiger partial charge is 0.311 e. The quantitative estimate of drug-likeness (QED) is 0.890. The van der Waals surface area contributed by atoms with E-state index in [1.807, 2.05) is 6.07 Å². The molecule has 1 aliphatic carbocycles. The molecule has 1 aromatic rings. The van der Waals surface area contributed by atoms with E-state index in [-0.39, 0.29) is 6.04 Å². The number of hydrogen-bond donors (Lipinski definition) is 2. The molecule has 2 rings (SSSR count). The molecule has 19 heavy (non-hydrogen) atoms. The van der Waals surface area contributed by atoms with Gasteiger partial charge in [0, 0.05) is 11.7 Å². The number of rotatable bonds is 3. The summed E-state index contributed by atoms with van der Waals surface area (Å²) >= 11 is 5.97. The number of benzene rings is 1. The highest BCUT2D eigenvalue weighted by molar-refractivity contribution is 6.32. The molecule has 1 fully saturated rings. The molecule has 100 valence electrons. The molecule has 0 amide bonds. The first-order chi connectivity index (χ1) is 8.97. The van der Waals surface area contributed by atoms with E-state index >= 15 is 0 Å². The third kappa shape index (κ3) is 2.52. The predicted octanol–water partition coefficient (Wildman–Crippen LogP) is 3.27. The van der Waals surface area contributed by atoms with Gasteiger partial charge >= 0.3 is 5.97 Å². The van der Waals surface area contributed by atoms with Crippen LogP contribution < -0.4 is 5.32 Å². The van der Waals surface area contributed by atoms with Crippen molar-refractivity contribution >= 4 is 23.3 Å². The van der Waals surface area contributed by atoms with Crippen molar-refractivity contribution in [3.05, 3.63) is 28.8 Å². The summed E-state index contributed by atoms with van der Waals surface area (Å²) in [5.41, 5.74) is 0.420. The summed E-state index contributed by atoms with van der Waals surface area (Å²) in [6.45, 7) is 1.77. The number of carbonyl (C=O) groups is 1. The van der Waals surface area contributed by atoms with Gasteiger partial charge in [0.15, 0.2) is 0 Å². The van der Waals surface area contributed by atoms with E-state index in [2.05, 4.69) is 5.32 Å². The summed E-state index contributed by atoms with van der Waals surface area (Å²) in [6, 6.07) is 6.94. The zero-order valence-electron chi connectivity index (χ0n) is 10.6. The molecular formula is C14H15ClN2O2. The highest BCUT2D eigenvalue weighted by atomic mass is 35.5. The number of anilines is 1. The van der Waals surface area contributed by atoms with E-state index in [4.69, 9.17) is 16.9 Å². The van der Waals surface area contributed by atoms with Crippen LogP contribution in [0.15, 0.2) is 18.2 Å². The van der Waals surface area contributed by atoms with Crippen LogP contribution in [0.4, 0.5) is 5.69 Å². The van der Waals surface area contributed by atoms with Crippen LogP contribution in [0, 0.1) is 16.7 Å². The zero-order valence-corrected chi connectivity index (χ0v) is 11.4. The first kappa shape index (κ1) is 13.7. The average Bonchev–Trinajstić information content (AvgIpc) is 2.73. The Bertz CT molecular complexity index is 553. The van der Waals surface area contributed by atoms with Gasteiger partial charge in [0.2, 0.25) is 0 Å². The summed E-state index contributed by atoms with van der Waals surface area (Å²) in [5.74, 6) is -0.776. The van der Waals surface area contributed by atoms with Gasteiger partial charge in [-0.25, -0.2) is 0 Å². The average molecular weight is 279 g/mol. The number of nitrogens with one attached hydrogen (secondary N) is 1. The van der Waals surface area contributed by atoms with Crippen molar-refractivity contribution in [1.29, 1.82) is 5.26 Å². The molecule has 1 aliphatic rings. The van der Waals surface area contributed by atoms with E-state index in [0.717, 1.165) is 18.5 Å². The fourth-order valence-electron chi connectivity index (χ4n) is 2.55. The van der Waals surface area contributed by atoms with Gasteiger partial charge in [-0.15, -0.1) is 0 Å². The molecule has 4 nitrogen and oxygen atoms in total. The second-order valence-corrected chi connectivity index (χ2v) is 5.53. The number of hydrogen-bond acceptors (Lipinski definition) is 3. The fraction of sp³-hybridized carbons (Fsp3) is 0.429. The Balaban J connectivity index is 2.20. The van der Waals surface area contributed by atoms with Crippen LogP contribution in [0.1, 0.15) is 31.7 Å². The molecule has 2 N–H and O–H groups in total. The molecule has 5 heteroatoms. The summed E-state index contributed by atoms with van der Waals surface area (Å²) in [6.07, 6.45) is 2.38. The number of nitriles is 1. The molecule has 1 aromatic carbocycles. The highest BCUT2D eigenvalue weighted by Gasteiger charge is 2.45. The molecule has 0 aliphatic heterocycles. The number of aliphatic carboxylic acids is 1. The number of halogens is 1. The predicted molar refractivity (Wildman–Crippen MR) is 73.2 cm³/mol. The van der Waals surface area contributed by atoms with Crippen molar-refractivity contribution in [1.82, 2.24) is 0 Å². The monoisotopic (exact) mass is 278 g/mol. The second-order valence-electron chi connectivity index (χ2n) is 5.12. The lowest BCUT2D eigenvalue weighted by molar-refractivity contribution is -0.147. The summed E-state index contributed by atoms with van der Waals surface area (Å²) in [7, 11) is 0. The Morgan fingerprint density at radius 2 is 2.37 bits per heavy atom. The van der Waals surface area contributed by atoms with Crippen LogP contribution in [0.2, 0.25) is 5.02 Å². The Morgan fingerprint density at radius 1 is 1.63 bits per heavy atom. The van der Waals surface area contributed by atoms with E-state index in [1.165, 1.54) is 0 Å². The standard InChI is InChI=1S/C14H15ClN2O2/c1-14(13(18)19)6-2-3-12(14)17-10-5-4-9(8-16)11(15)7-10/h4-5,7,12,17H,2-3,6H2,1H3,(H,18,19). The van der Waals surface area contributed by atoms with Crippen LogP contribution >= 0.6 is 11.6 Å². The molecule has 0 heterocycles. The van der Waals surface area contributed by atoms with E-state index in [1.54, 1.807) is 25.1 Å². The van der Waals surface area contributed by atoms with Gasteiger partial charge in [-0.2, -0.15) is 5.26 Å². The van der Waals surface area contributed by atoms with Gasteiger partial charge in [-0.05, 0) is 38.0 Å². The SMILES string of the molecule is CC1(C(=O)O)CCCC1Nc1ccc(C#N)c(Cl)c1. The topological polar surface area (TPSA) is 73.1 Å². The summed E-state index contributed by atoms with van der Waals surface area (Å²) in [5, 5.41) is 21.8. The van der Waals surface area contributed by atoms with Gasteiger partial charge in [-0.3, -0.25) is 4.79 Å². The summed E-state index contributed by atoms with van der Waals surface area (Å²) in [4.78, 5) is 11.4. The lowest BCUT2D eigenvalue weighted by Gasteiger charge is -2.28. The molecule has 0 spiro atoms. The van der Waals surface area contributed by atoms with Crippen LogP contribution in [-0.2, 0) is 4.79 Å². The van der Waals surface area contributed by atoms with Gasteiger partial charge in [-0.1, -0.05) is 18.0 Å². The van der Waals surface area contributed by atoms with Gasteiger partial charge < -0.3 is 10.4 Å². The van der Waals surface area contributed by atoms with E-state index in [9.17, 15) is 9.90 Å². The number of carboxylic acids is 1. The minimum absolute atomic E-state index is 0.117. The Kier molecular flexibility index (Phi) is 3.68. The zero-order chi connectivity index (χ0) is 14.0. The Labute approximate surface area is 117 Å². The van der Waals surface area contributed by atoms with Crippen molar-refractivity contribution in [2.75, 3.05) is 5.32 Å². The number of carboxylic acid groups (broad SMARTS) is 1. The minimum atomic E-state index is -0.776. The third-order valence-electron chi connectivity index (χ3n) is 3.88. The molecule has 1 saturated carbocycles. The van der Waals surface area contributed by atoms with E-state index < -0.39 is 11.4 Å². The van der Waals surface area contributed by atoms with Gasteiger partial charge in [0.05, 0.1) is 16.0 Å². The normalized spacial score (nSPS) is 25.8. The fourth-order valence-corrected chi connectivity index (χ4v) is 2.77. The van der Waals surface area contributed by atoms with E-state index in [0.29, 0.717) is 17.0 Å². The molecule has 2 atom stereocenters. The van der Waals surface area contributed by atoms with Crippen LogP contribution in [-0.4, -0.2) is 17.1 Å². The first-order valence-corrected chi connectivity index (χ1v) is 6.55. The van der Waals surface area contributed by atoms with Crippen LogP contribution in [0.25, 0.3) is 0 Å². The second kappa shape index (κ2) is 5.10. The largest absolute Gasteiger partial charge is 0.481 e. The maximum Gasteiger partial charge on any atom is 0.311 e. The third-order valence-corrected chi connectivity index (χ3v) is 4.19. The van der Waals surface area contributed by atoms with Gasteiger partial charge in [0.25, 0.3) is 0 Å². The minimum Gasteiger partial charge on any atom is -0.481 e. The molecule has 0 radical (unpaired) electrons. The first-order valence-electron chi connectivity index (χ1n) is 6.17. The molecule has 2 unspecified atom stereocenters. The molecule has 0 aromatic heterocycles. The Morgan fingerprint density at radius 3 is 2.95 bits per heavy atom. The maximum atomic E-state index is 11.4. The van der Waals surface area contributed by atoms with Crippen molar-refractivity contribution < 1.29 is 9.90 Å². The molecule has 0 bridgehead atoms. The maximum absolute atomic E-state index is 11.4. The van der Waals surface area contributed by atoms with Crippen molar-refractivity contribution in [2.45, 2.75) is 32.2 Å². The molecular weight excluding hydrogens is 264 g/mol. The van der Waals surface area contributed by atoms with Gasteiger partial charge in [0.1, 0.15) is 6.07 Å².